The summed E-state index contributed by atoms with van der Waals surface area (Å²) >= 11 is 4.46. The molecule has 212 valence electrons. The highest BCUT2D eigenvalue weighted by atomic mass is 32.2. The Morgan fingerprint density at radius 2 is 1.67 bits per heavy atom. The lowest BCUT2D eigenvalue weighted by atomic mass is 9.87. The van der Waals surface area contributed by atoms with Crippen molar-refractivity contribution in [1.82, 2.24) is 14.9 Å². The quantitative estimate of drug-likeness (QED) is 0.178. The maximum absolute atomic E-state index is 13.3. The summed E-state index contributed by atoms with van der Waals surface area (Å²) in [5, 5.41) is 14.8. The molecule has 1 saturated heterocycles. The molecule has 0 radical (unpaired) electrons. The highest BCUT2D eigenvalue weighted by molar-refractivity contribution is 8.01. The summed E-state index contributed by atoms with van der Waals surface area (Å²) in [7, 11) is 0. The number of fused-ring (bicyclic) bond motifs is 1. The van der Waals surface area contributed by atoms with Gasteiger partial charge in [-0.1, -0.05) is 66.7 Å². The van der Waals surface area contributed by atoms with E-state index in [0.29, 0.717) is 16.6 Å². The number of thioether (sulfide) groups is 2. The zero-order chi connectivity index (χ0) is 29.1. The zero-order valence-electron chi connectivity index (χ0n) is 22.2. The van der Waals surface area contributed by atoms with Gasteiger partial charge in [0.05, 0.1) is 17.7 Å². The number of carboxylic acid groups (broad SMARTS) is 1. The van der Waals surface area contributed by atoms with E-state index in [0.717, 1.165) is 16.0 Å². The Balaban J connectivity index is 1.22. The fourth-order valence-corrected chi connectivity index (χ4v) is 8.81. The molecule has 2 aliphatic heterocycles. The van der Waals surface area contributed by atoms with Crippen LogP contribution in [-0.4, -0.2) is 54.1 Å². The SMILES string of the molecule is O=C(Cc1cccs1)Nc1nccnc1SCC1C(=O)N2C(C(=O)O)=CC(C(c3ccccc3)c3ccccc3)S[C@H]12. The van der Waals surface area contributed by atoms with Crippen molar-refractivity contribution in [3.05, 3.63) is 118 Å². The molecule has 8 nitrogen and oxygen atoms in total. The Morgan fingerprint density at radius 3 is 2.31 bits per heavy atom. The molecule has 6 rings (SSSR count). The van der Waals surface area contributed by atoms with Crippen LogP contribution in [0.2, 0.25) is 0 Å². The number of β-lactam (4-membered cyclic amide) rings is 1. The average molecular weight is 615 g/mol. The fourth-order valence-electron chi connectivity index (χ4n) is 5.20. The standard InChI is InChI=1S/C31H26N4O4S3/c36-25(16-21-12-7-15-40-21)34-27-28(33-14-13-32-27)41-18-22-29(37)35-23(31(38)39)17-24(42-30(22)35)26(19-8-3-1-4-9-19)20-10-5-2-6-11-20/h1-15,17,22,24,26,30H,16,18H2,(H,38,39)(H,32,34,36)/t22?,24?,30-/m1/s1. The lowest BCUT2D eigenvalue weighted by molar-refractivity contribution is -0.151. The van der Waals surface area contributed by atoms with Crippen molar-refractivity contribution in [3.8, 4) is 0 Å². The third kappa shape index (κ3) is 5.85. The van der Waals surface area contributed by atoms with Crippen LogP contribution in [0.5, 0.6) is 0 Å². The van der Waals surface area contributed by atoms with Gasteiger partial charge in [0.1, 0.15) is 10.7 Å². The van der Waals surface area contributed by atoms with E-state index in [9.17, 15) is 19.5 Å². The van der Waals surface area contributed by atoms with Crippen molar-refractivity contribution >= 4 is 58.5 Å². The van der Waals surface area contributed by atoms with Crippen LogP contribution >= 0.6 is 34.9 Å². The number of nitrogens with one attached hydrogen (secondary N) is 1. The van der Waals surface area contributed by atoms with Crippen molar-refractivity contribution < 1.29 is 19.5 Å². The monoisotopic (exact) mass is 614 g/mol. The van der Waals surface area contributed by atoms with Crippen molar-refractivity contribution in [2.75, 3.05) is 11.1 Å². The first-order valence-corrected chi connectivity index (χ1v) is 16.1. The fraction of sp³-hybridized carbons (Fsp3) is 0.194. The molecule has 0 spiro atoms. The van der Waals surface area contributed by atoms with Crippen molar-refractivity contribution in [3.63, 3.8) is 0 Å². The van der Waals surface area contributed by atoms with Crippen LogP contribution in [0.15, 0.2) is 107 Å². The molecule has 4 heterocycles. The number of carbonyl (C=O) groups is 3. The van der Waals surface area contributed by atoms with Gasteiger partial charge in [-0.15, -0.1) is 34.9 Å². The minimum absolute atomic E-state index is 0.0212. The van der Waals surface area contributed by atoms with E-state index >= 15 is 0 Å². The third-order valence-corrected chi connectivity index (χ3v) is 10.6. The molecular formula is C31H26N4O4S3. The number of anilines is 1. The highest BCUT2D eigenvalue weighted by Crippen LogP contribution is 2.50. The number of rotatable bonds is 10. The molecule has 11 heteroatoms. The molecule has 0 aliphatic carbocycles. The lowest BCUT2D eigenvalue weighted by Crippen LogP contribution is -2.62. The Bertz CT molecular complexity index is 1580. The van der Waals surface area contributed by atoms with Gasteiger partial charge in [0.25, 0.3) is 0 Å². The first-order chi connectivity index (χ1) is 20.5. The second-order valence-corrected chi connectivity index (χ2v) is 13.1. The van der Waals surface area contributed by atoms with Gasteiger partial charge in [0, 0.05) is 34.2 Å². The summed E-state index contributed by atoms with van der Waals surface area (Å²) < 4.78 is 0. The highest BCUT2D eigenvalue weighted by Gasteiger charge is 2.54. The van der Waals surface area contributed by atoms with Crippen molar-refractivity contribution in [1.29, 1.82) is 0 Å². The number of aliphatic carboxylic acids is 1. The van der Waals surface area contributed by atoms with E-state index in [-0.39, 0.29) is 40.5 Å². The minimum Gasteiger partial charge on any atom is -0.477 e. The molecular weight excluding hydrogens is 589 g/mol. The smallest absolute Gasteiger partial charge is 0.352 e. The van der Waals surface area contributed by atoms with E-state index < -0.39 is 11.9 Å². The van der Waals surface area contributed by atoms with E-state index in [1.54, 1.807) is 24.0 Å². The van der Waals surface area contributed by atoms with Gasteiger partial charge in [-0.2, -0.15) is 0 Å². The summed E-state index contributed by atoms with van der Waals surface area (Å²) in [6.07, 6.45) is 5.02. The zero-order valence-corrected chi connectivity index (χ0v) is 24.6. The molecule has 3 atom stereocenters. The predicted molar refractivity (Wildman–Crippen MR) is 165 cm³/mol. The summed E-state index contributed by atoms with van der Waals surface area (Å²) in [6, 6.07) is 23.9. The first kappa shape index (κ1) is 28.2. The summed E-state index contributed by atoms with van der Waals surface area (Å²) in [4.78, 5) is 49.3. The molecule has 2 aliphatic rings. The molecule has 2 aromatic carbocycles. The number of thiophene rings is 1. The van der Waals surface area contributed by atoms with E-state index in [1.165, 1.54) is 34.2 Å². The van der Waals surface area contributed by atoms with Crippen molar-refractivity contribution in [2.45, 2.75) is 28.0 Å². The Labute approximate surface area is 255 Å². The Hall–Kier alpha value is -3.93. The van der Waals surface area contributed by atoms with Gasteiger partial charge in [-0.3, -0.25) is 14.5 Å². The number of hydrogen-bond acceptors (Lipinski definition) is 8. The molecule has 2 amide bonds. The Morgan fingerprint density at radius 1 is 0.976 bits per heavy atom. The summed E-state index contributed by atoms with van der Waals surface area (Å²) in [5.74, 6) is -1.33. The maximum atomic E-state index is 13.3. The van der Waals surface area contributed by atoms with E-state index in [4.69, 9.17) is 0 Å². The average Bonchev–Trinajstić information content (AvgIpc) is 3.51. The maximum Gasteiger partial charge on any atom is 0.352 e. The van der Waals surface area contributed by atoms with Gasteiger partial charge in [-0.25, -0.2) is 14.8 Å². The lowest BCUT2D eigenvalue weighted by Gasteiger charge is -2.51. The first-order valence-electron chi connectivity index (χ1n) is 13.3. The molecule has 1 fully saturated rings. The molecule has 0 saturated carbocycles. The van der Waals surface area contributed by atoms with Crippen LogP contribution in [-0.2, 0) is 20.8 Å². The molecule has 0 bridgehead atoms. The van der Waals surface area contributed by atoms with Gasteiger partial charge in [0.15, 0.2) is 5.82 Å². The number of hydrogen-bond donors (Lipinski definition) is 2. The van der Waals surface area contributed by atoms with E-state index in [1.807, 2.05) is 53.9 Å². The van der Waals surface area contributed by atoms with Crippen LogP contribution in [0.4, 0.5) is 5.82 Å². The molecule has 2 aromatic heterocycles. The molecule has 2 N–H and O–H groups in total. The number of nitrogens with zero attached hydrogens (tertiary/aromatic N) is 3. The van der Waals surface area contributed by atoms with Crippen LogP contribution in [0, 0.1) is 5.92 Å². The molecule has 4 aromatic rings. The minimum atomic E-state index is -1.12. The normalized spacial score (nSPS) is 19.5. The molecule has 2 unspecified atom stereocenters. The van der Waals surface area contributed by atoms with Crippen LogP contribution in [0.3, 0.4) is 0 Å². The second kappa shape index (κ2) is 12.5. The summed E-state index contributed by atoms with van der Waals surface area (Å²) in [5.41, 5.74) is 2.18. The Kier molecular flexibility index (Phi) is 8.41. The number of amides is 2. The predicted octanol–water partition coefficient (Wildman–Crippen LogP) is 5.51. The summed E-state index contributed by atoms with van der Waals surface area (Å²) in [6.45, 7) is 0. The van der Waals surface area contributed by atoms with Gasteiger partial charge in [-0.05, 0) is 28.6 Å². The van der Waals surface area contributed by atoms with Gasteiger partial charge < -0.3 is 10.4 Å². The number of carboxylic acids is 1. The van der Waals surface area contributed by atoms with Crippen LogP contribution in [0.1, 0.15) is 21.9 Å². The topological polar surface area (TPSA) is 112 Å². The van der Waals surface area contributed by atoms with Gasteiger partial charge in [0.2, 0.25) is 11.8 Å². The van der Waals surface area contributed by atoms with Crippen LogP contribution in [0.25, 0.3) is 0 Å². The van der Waals surface area contributed by atoms with Gasteiger partial charge >= 0.3 is 5.97 Å². The number of aromatic nitrogens is 2. The number of benzene rings is 2. The molecule has 42 heavy (non-hydrogen) atoms. The third-order valence-electron chi connectivity index (χ3n) is 7.13. The van der Waals surface area contributed by atoms with Crippen LogP contribution < -0.4 is 5.32 Å². The van der Waals surface area contributed by atoms with E-state index in [2.05, 4.69) is 39.6 Å². The number of carbonyl (C=O) groups excluding carboxylic acids is 2. The largest absolute Gasteiger partial charge is 0.477 e. The van der Waals surface area contributed by atoms with Crippen molar-refractivity contribution in [2.24, 2.45) is 5.92 Å². The second-order valence-electron chi connectivity index (χ2n) is 9.79.